The van der Waals surface area contributed by atoms with Crippen molar-refractivity contribution >= 4 is 19.8 Å². The van der Waals surface area contributed by atoms with Gasteiger partial charge >= 0.3 is 19.8 Å². The highest BCUT2D eigenvalue weighted by atomic mass is 31.2. The Hall–Kier alpha value is -1.81. The van der Waals surface area contributed by atoms with Crippen LogP contribution >= 0.6 is 7.82 Å². The zero-order chi connectivity index (χ0) is 44.8. The predicted octanol–water partition coefficient (Wildman–Crippen LogP) is 13.9. The van der Waals surface area contributed by atoms with Crippen LogP contribution in [0.15, 0.2) is 36.5 Å². The Kier molecular flexibility index (Phi) is 44.8. The topological polar surface area (TPSA) is 149 Å². The molecule has 0 saturated carbocycles. The molecule has 0 heterocycles. The molecule has 0 aliphatic rings. The fourth-order valence-electron chi connectivity index (χ4n) is 6.93. The van der Waals surface area contributed by atoms with E-state index in [-0.39, 0.29) is 19.4 Å². The van der Waals surface area contributed by atoms with Crippen molar-refractivity contribution in [1.82, 2.24) is 0 Å². The second-order valence-electron chi connectivity index (χ2n) is 16.9. The minimum Gasteiger partial charge on any atom is -0.462 e. The van der Waals surface area contributed by atoms with Crippen molar-refractivity contribution in [3.05, 3.63) is 36.5 Å². The quantitative estimate of drug-likeness (QED) is 0.0177. The lowest BCUT2D eigenvalue weighted by atomic mass is 10.0. The Balaban J connectivity index is 4.19. The van der Waals surface area contributed by atoms with Crippen LogP contribution < -0.4 is 0 Å². The number of phosphoric acid groups is 1. The Morgan fingerprint density at radius 3 is 1.34 bits per heavy atom. The van der Waals surface area contributed by atoms with Gasteiger partial charge in [0.25, 0.3) is 0 Å². The van der Waals surface area contributed by atoms with Crippen molar-refractivity contribution in [3.63, 3.8) is 0 Å². The number of rotatable bonds is 47. The second kappa shape index (κ2) is 46.2. The summed E-state index contributed by atoms with van der Waals surface area (Å²) in [5.74, 6) is -0.973. The van der Waals surface area contributed by atoms with Gasteiger partial charge in [-0.15, -0.1) is 0 Å². The van der Waals surface area contributed by atoms with Crippen LogP contribution in [0.25, 0.3) is 0 Å². The number of unbranched alkanes of at least 4 members (excludes halogenated alkanes) is 28. The Morgan fingerprint density at radius 2 is 0.869 bits per heavy atom. The maximum absolute atomic E-state index is 12.6. The van der Waals surface area contributed by atoms with Gasteiger partial charge in [0.15, 0.2) is 6.10 Å². The highest BCUT2D eigenvalue weighted by Gasteiger charge is 2.27. The molecule has 358 valence electrons. The molecule has 0 aromatic rings. The minimum absolute atomic E-state index is 0.162. The third kappa shape index (κ3) is 46.0. The van der Waals surface area contributed by atoms with Gasteiger partial charge in [-0.1, -0.05) is 198 Å². The third-order valence-electron chi connectivity index (χ3n) is 10.8. The Bertz CT molecular complexity index is 1110. The lowest BCUT2D eigenvalue weighted by Gasteiger charge is -2.20. The number of hydrogen-bond donors (Lipinski definition) is 3. The Labute approximate surface area is 373 Å². The molecule has 0 aliphatic carbocycles. The fourth-order valence-corrected chi connectivity index (χ4v) is 7.72. The number of hydrogen-bond acceptors (Lipinski definition) is 9. The summed E-state index contributed by atoms with van der Waals surface area (Å²) in [6.07, 6.45) is 49.9. The normalized spacial score (nSPS) is 14.0. The zero-order valence-electron chi connectivity index (χ0n) is 39.1. The lowest BCUT2D eigenvalue weighted by Crippen LogP contribution is -2.29. The fraction of sp³-hybridized carbons (Fsp3) is 0.840. The zero-order valence-corrected chi connectivity index (χ0v) is 40.0. The average molecular weight is 885 g/mol. The molecule has 10 nitrogen and oxygen atoms in total. The maximum Gasteiger partial charge on any atom is 0.472 e. The van der Waals surface area contributed by atoms with Crippen molar-refractivity contribution in [2.75, 3.05) is 26.4 Å². The van der Waals surface area contributed by atoms with E-state index in [1.807, 2.05) is 0 Å². The summed E-state index contributed by atoms with van der Waals surface area (Å²) in [5.41, 5.74) is 0. The molecule has 0 aromatic carbocycles. The molecule has 3 atom stereocenters. The molecule has 0 fully saturated rings. The van der Waals surface area contributed by atoms with Crippen LogP contribution in [-0.4, -0.2) is 65.7 Å². The van der Waals surface area contributed by atoms with Crippen molar-refractivity contribution in [2.45, 2.75) is 244 Å². The standard InChI is InChI=1S/C50H93O10P/c1-3-5-7-9-11-13-15-17-19-20-21-22-23-24-25-26-28-29-31-33-35-37-39-41-49(53)57-45-48(46-59-61(55,56)58-44-47(52)43-51)60-50(54)42-40-38-36-34-32-30-27-18-16-14-12-10-8-6-4-2/h14,16,18,27,33,35,47-48,51-52H,3-13,15,17,19-26,28-32,34,36-46H2,1-2H3,(H,55,56)/b16-14+,27-18+,35-33+/t47-,48+/m1/s1. The first-order chi connectivity index (χ1) is 29.7. The van der Waals surface area contributed by atoms with Gasteiger partial charge in [0.2, 0.25) is 0 Å². The summed E-state index contributed by atoms with van der Waals surface area (Å²) in [6, 6.07) is 0. The van der Waals surface area contributed by atoms with E-state index >= 15 is 0 Å². The monoisotopic (exact) mass is 885 g/mol. The molecule has 3 N–H and O–H groups in total. The highest BCUT2D eigenvalue weighted by Crippen LogP contribution is 2.43. The van der Waals surface area contributed by atoms with Crippen molar-refractivity contribution in [2.24, 2.45) is 0 Å². The van der Waals surface area contributed by atoms with Crippen LogP contribution in [0.3, 0.4) is 0 Å². The number of ether oxygens (including phenoxy) is 2. The summed E-state index contributed by atoms with van der Waals surface area (Å²) in [6.45, 7) is 2.34. The maximum atomic E-state index is 12.6. The number of aliphatic hydroxyl groups is 2. The smallest absolute Gasteiger partial charge is 0.462 e. The van der Waals surface area contributed by atoms with Crippen LogP contribution in [0.2, 0.25) is 0 Å². The lowest BCUT2D eigenvalue weighted by molar-refractivity contribution is -0.161. The first-order valence-corrected chi connectivity index (χ1v) is 26.5. The van der Waals surface area contributed by atoms with E-state index in [9.17, 15) is 24.2 Å². The van der Waals surface area contributed by atoms with E-state index in [0.717, 1.165) is 51.4 Å². The molecule has 0 spiro atoms. The molecule has 0 radical (unpaired) electrons. The number of esters is 2. The van der Waals surface area contributed by atoms with Gasteiger partial charge in [0.05, 0.1) is 19.8 Å². The summed E-state index contributed by atoms with van der Waals surface area (Å²) in [5, 5.41) is 18.4. The summed E-state index contributed by atoms with van der Waals surface area (Å²) in [7, 11) is -4.63. The summed E-state index contributed by atoms with van der Waals surface area (Å²) < 4.78 is 32.8. The van der Waals surface area contributed by atoms with Crippen molar-refractivity contribution < 1.29 is 47.8 Å². The molecule has 0 aliphatic heterocycles. The van der Waals surface area contributed by atoms with E-state index in [0.29, 0.717) is 12.8 Å². The van der Waals surface area contributed by atoms with Gasteiger partial charge in [-0.3, -0.25) is 18.6 Å². The van der Waals surface area contributed by atoms with Gasteiger partial charge in [0.1, 0.15) is 12.7 Å². The van der Waals surface area contributed by atoms with Crippen LogP contribution in [-0.2, 0) is 32.7 Å². The second-order valence-corrected chi connectivity index (χ2v) is 18.3. The van der Waals surface area contributed by atoms with Crippen molar-refractivity contribution in [1.29, 1.82) is 0 Å². The molecule has 0 aromatic heterocycles. The van der Waals surface area contributed by atoms with E-state index in [1.165, 1.54) is 141 Å². The van der Waals surface area contributed by atoms with Gasteiger partial charge in [-0.05, 0) is 57.8 Å². The molecule has 61 heavy (non-hydrogen) atoms. The van der Waals surface area contributed by atoms with E-state index in [4.69, 9.17) is 23.6 Å². The van der Waals surface area contributed by atoms with Crippen LogP contribution in [0, 0.1) is 0 Å². The number of allylic oxidation sites excluding steroid dienone is 6. The number of phosphoric ester groups is 1. The summed E-state index contributed by atoms with van der Waals surface area (Å²) >= 11 is 0. The SMILES string of the molecule is CCCCCC/C=C/C=C/CCCCCCCC(=O)O[C@@H](COC(=O)CCC/C=C/CCCCCCCCCCCCCCCCCCCC)COP(=O)(O)OC[C@H](O)CO. The minimum atomic E-state index is -4.63. The van der Waals surface area contributed by atoms with Crippen molar-refractivity contribution in [3.8, 4) is 0 Å². The molecule has 0 saturated heterocycles. The molecular weight excluding hydrogens is 792 g/mol. The highest BCUT2D eigenvalue weighted by molar-refractivity contribution is 7.47. The summed E-state index contributed by atoms with van der Waals surface area (Å²) in [4.78, 5) is 35.1. The third-order valence-corrected chi connectivity index (χ3v) is 11.7. The van der Waals surface area contributed by atoms with Crippen LogP contribution in [0.4, 0.5) is 0 Å². The molecule has 0 amide bonds. The first kappa shape index (κ1) is 59.2. The van der Waals surface area contributed by atoms with E-state index in [2.05, 4.69) is 50.3 Å². The van der Waals surface area contributed by atoms with E-state index < -0.39 is 51.8 Å². The van der Waals surface area contributed by atoms with Crippen LogP contribution in [0.1, 0.15) is 232 Å². The van der Waals surface area contributed by atoms with Crippen LogP contribution in [0.5, 0.6) is 0 Å². The molecular formula is C50H93O10P. The molecule has 0 rings (SSSR count). The van der Waals surface area contributed by atoms with Gasteiger partial charge in [-0.25, -0.2) is 4.57 Å². The predicted molar refractivity (Wildman–Crippen MR) is 251 cm³/mol. The number of carbonyl (C=O) groups excluding carboxylic acids is 2. The average Bonchev–Trinajstić information content (AvgIpc) is 3.25. The Morgan fingerprint density at radius 1 is 0.492 bits per heavy atom. The van der Waals surface area contributed by atoms with Gasteiger partial charge in [0, 0.05) is 12.8 Å². The molecule has 1 unspecified atom stereocenters. The number of carbonyl (C=O) groups is 2. The number of aliphatic hydroxyl groups excluding tert-OH is 2. The van der Waals surface area contributed by atoms with Gasteiger partial charge < -0.3 is 24.6 Å². The van der Waals surface area contributed by atoms with Gasteiger partial charge in [-0.2, -0.15) is 0 Å². The molecule has 0 bridgehead atoms. The first-order valence-electron chi connectivity index (χ1n) is 25.0. The van der Waals surface area contributed by atoms with E-state index in [1.54, 1.807) is 0 Å². The largest absolute Gasteiger partial charge is 0.472 e. The molecule has 11 heteroatoms.